The zero-order chi connectivity index (χ0) is 26.3. The van der Waals surface area contributed by atoms with Gasteiger partial charge < -0.3 is 23.4 Å². The van der Waals surface area contributed by atoms with E-state index in [1.54, 1.807) is 0 Å². The molecular formula is C30H60NO5+. The summed E-state index contributed by atoms with van der Waals surface area (Å²) in [4.78, 5) is 11.8. The molecule has 1 aliphatic carbocycles. The predicted molar refractivity (Wildman–Crippen MR) is 148 cm³/mol. The van der Waals surface area contributed by atoms with Crippen LogP contribution in [0.25, 0.3) is 0 Å². The second-order valence-electron chi connectivity index (χ2n) is 11.7. The van der Waals surface area contributed by atoms with E-state index in [0.29, 0.717) is 46.1 Å². The lowest BCUT2D eigenvalue weighted by Gasteiger charge is -2.23. The highest BCUT2D eigenvalue weighted by atomic mass is 16.6. The maximum atomic E-state index is 11.8. The Bertz CT molecular complexity index is 508. The first-order valence-electron chi connectivity index (χ1n) is 15.1. The third-order valence-electron chi connectivity index (χ3n) is 7.09. The molecule has 0 amide bonds. The first kappa shape index (κ1) is 33.3. The summed E-state index contributed by atoms with van der Waals surface area (Å²) in [5.41, 5.74) is 0. The van der Waals surface area contributed by atoms with Crippen LogP contribution in [0.3, 0.4) is 0 Å². The Hall–Kier alpha value is -0.690. The van der Waals surface area contributed by atoms with Crippen LogP contribution in [0.1, 0.15) is 103 Å². The Balaban J connectivity index is 1.73. The zero-order valence-corrected chi connectivity index (χ0v) is 24.4. The van der Waals surface area contributed by atoms with E-state index < -0.39 is 0 Å². The lowest BCUT2D eigenvalue weighted by atomic mass is 10.0. The Morgan fingerprint density at radius 1 is 0.639 bits per heavy atom. The number of quaternary nitrogens is 1. The van der Waals surface area contributed by atoms with Crippen LogP contribution in [0.2, 0.25) is 0 Å². The first-order chi connectivity index (χ1) is 17.4. The maximum Gasteiger partial charge on any atom is 0.305 e. The second-order valence-corrected chi connectivity index (χ2v) is 11.7. The lowest BCUT2D eigenvalue weighted by molar-refractivity contribution is -0.870. The van der Waals surface area contributed by atoms with Crippen molar-refractivity contribution >= 4 is 5.97 Å². The maximum absolute atomic E-state index is 11.8. The number of esters is 1. The third kappa shape index (κ3) is 22.5. The number of rotatable bonds is 27. The van der Waals surface area contributed by atoms with Crippen molar-refractivity contribution in [3.8, 4) is 0 Å². The average Bonchev–Trinajstić information content (AvgIpc) is 3.58. The van der Waals surface area contributed by atoms with Gasteiger partial charge in [0.2, 0.25) is 0 Å². The van der Waals surface area contributed by atoms with E-state index in [0.717, 1.165) is 42.3 Å². The summed E-state index contributed by atoms with van der Waals surface area (Å²) in [7, 11) is 6.45. The van der Waals surface area contributed by atoms with E-state index >= 15 is 0 Å². The van der Waals surface area contributed by atoms with Crippen molar-refractivity contribution in [2.75, 3.05) is 73.9 Å². The quantitative estimate of drug-likeness (QED) is 0.0721. The molecule has 0 heterocycles. The Labute approximate surface area is 223 Å². The summed E-state index contributed by atoms with van der Waals surface area (Å²) in [6.45, 7) is 7.01. The van der Waals surface area contributed by atoms with Gasteiger partial charge >= 0.3 is 5.97 Å². The van der Waals surface area contributed by atoms with Crippen LogP contribution in [0.15, 0.2) is 0 Å². The van der Waals surface area contributed by atoms with Crippen molar-refractivity contribution < 1.29 is 28.2 Å². The van der Waals surface area contributed by atoms with Crippen molar-refractivity contribution in [2.45, 2.75) is 103 Å². The topological polar surface area (TPSA) is 54.0 Å². The van der Waals surface area contributed by atoms with Crippen molar-refractivity contribution in [1.82, 2.24) is 0 Å². The molecule has 1 aliphatic rings. The van der Waals surface area contributed by atoms with Crippen LogP contribution in [0.4, 0.5) is 0 Å². The molecule has 0 bridgehead atoms. The number of hydrogen-bond acceptors (Lipinski definition) is 5. The molecule has 0 N–H and O–H groups in total. The van der Waals surface area contributed by atoms with Crippen LogP contribution in [-0.2, 0) is 23.7 Å². The zero-order valence-electron chi connectivity index (χ0n) is 24.4. The summed E-state index contributed by atoms with van der Waals surface area (Å²) < 4.78 is 22.6. The van der Waals surface area contributed by atoms with Crippen LogP contribution in [0, 0.1) is 11.8 Å². The molecule has 0 aliphatic heterocycles. The number of ether oxygens (including phenoxy) is 4. The van der Waals surface area contributed by atoms with E-state index in [1.165, 1.54) is 77.0 Å². The minimum atomic E-state index is -0.101. The van der Waals surface area contributed by atoms with Crippen LogP contribution >= 0.6 is 0 Å². The molecule has 0 aromatic carbocycles. The molecule has 6 nitrogen and oxygen atoms in total. The highest BCUT2D eigenvalue weighted by Gasteiger charge is 2.34. The Morgan fingerprint density at radius 3 is 1.67 bits per heavy atom. The number of nitrogens with zero attached hydrogens (tertiary/aromatic N) is 1. The van der Waals surface area contributed by atoms with Gasteiger partial charge in [-0.15, -0.1) is 0 Å². The molecular weight excluding hydrogens is 454 g/mol. The standard InChI is InChI=1S/C30H60NO5/c1-5-6-7-8-10-13-16-28-27-29(28)17-14-11-9-12-15-18-30(32)36-26-25-35-24-23-34-22-21-33-20-19-31(2,3)4/h28-29H,5-27H2,1-4H3/q+1. The largest absolute Gasteiger partial charge is 0.463 e. The molecule has 0 aromatic heterocycles. The smallest absolute Gasteiger partial charge is 0.305 e. The number of carbonyl (C=O) groups is 1. The lowest BCUT2D eigenvalue weighted by Crippen LogP contribution is -2.37. The van der Waals surface area contributed by atoms with Gasteiger partial charge in [-0.25, -0.2) is 0 Å². The van der Waals surface area contributed by atoms with Crippen molar-refractivity contribution in [1.29, 1.82) is 0 Å². The first-order valence-corrected chi connectivity index (χ1v) is 15.1. The van der Waals surface area contributed by atoms with Crippen LogP contribution < -0.4 is 0 Å². The van der Waals surface area contributed by atoms with Gasteiger partial charge in [-0.05, 0) is 24.7 Å². The normalized spacial score (nSPS) is 17.4. The van der Waals surface area contributed by atoms with E-state index in [-0.39, 0.29) is 5.97 Å². The van der Waals surface area contributed by atoms with E-state index in [9.17, 15) is 4.79 Å². The molecule has 1 fully saturated rings. The number of hydrogen-bond donors (Lipinski definition) is 0. The molecule has 2 atom stereocenters. The molecule has 1 rings (SSSR count). The molecule has 36 heavy (non-hydrogen) atoms. The fourth-order valence-corrected chi connectivity index (χ4v) is 4.58. The van der Waals surface area contributed by atoms with E-state index in [4.69, 9.17) is 18.9 Å². The van der Waals surface area contributed by atoms with Crippen molar-refractivity contribution in [3.05, 3.63) is 0 Å². The fourth-order valence-electron chi connectivity index (χ4n) is 4.58. The Morgan fingerprint density at radius 2 is 1.11 bits per heavy atom. The monoisotopic (exact) mass is 514 g/mol. The molecule has 0 saturated heterocycles. The van der Waals surface area contributed by atoms with Gasteiger partial charge in [0.05, 0.1) is 60.8 Å². The summed E-state index contributed by atoms with van der Waals surface area (Å²) in [5.74, 6) is 1.97. The van der Waals surface area contributed by atoms with Gasteiger partial charge in [0.15, 0.2) is 0 Å². The molecule has 0 spiro atoms. The van der Waals surface area contributed by atoms with E-state index in [1.807, 2.05) is 0 Å². The summed E-state index contributed by atoms with van der Waals surface area (Å²) in [6, 6.07) is 0. The summed E-state index contributed by atoms with van der Waals surface area (Å²) in [6.07, 6.45) is 19.4. The SMILES string of the molecule is CCCCCCCCC1CC1CCCCCCCC(=O)OCCOCCOCCOCC[N+](C)(C)C. The highest BCUT2D eigenvalue weighted by Crippen LogP contribution is 2.45. The van der Waals surface area contributed by atoms with Crippen LogP contribution in [-0.4, -0.2) is 84.4 Å². The highest BCUT2D eigenvalue weighted by molar-refractivity contribution is 5.69. The molecule has 0 radical (unpaired) electrons. The number of unbranched alkanes of at least 4 members (excludes halogenated alkanes) is 9. The van der Waals surface area contributed by atoms with Gasteiger partial charge in [-0.3, -0.25) is 4.79 Å². The van der Waals surface area contributed by atoms with Crippen molar-refractivity contribution in [3.63, 3.8) is 0 Å². The summed E-state index contributed by atoms with van der Waals surface area (Å²) >= 11 is 0. The molecule has 214 valence electrons. The third-order valence-corrected chi connectivity index (χ3v) is 7.09. The van der Waals surface area contributed by atoms with Gasteiger partial charge in [0.1, 0.15) is 13.2 Å². The second kappa shape index (κ2) is 22.3. The number of likely N-dealkylation sites (N-methyl/N-ethyl adjacent to an activating group) is 1. The van der Waals surface area contributed by atoms with E-state index in [2.05, 4.69) is 28.1 Å². The van der Waals surface area contributed by atoms with Gasteiger partial charge in [0.25, 0.3) is 0 Å². The fraction of sp³-hybridized carbons (Fsp3) is 0.967. The Kier molecular flexibility index (Phi) is 20.7. The van der Waals surface area contributed by atoms with Crippen LogP contribution in [0.5, 0.6) is 0 Å². The van der Waals surface area contributed by atoms with Gasteiger partial charge in [-0.1, -0.05) is 84.0 Å². The predicted octanol–water partition coefficient (Wildman–Crippen LogP) is 6.40. The minimum absolute atomic E-state index is 0.101. The molecule has 0 aromatic rings. The van der Waals surface area contributed by atoms with Crippen molar-refractivity contribution in [2.24, 2.45) is 11.8 Å². The summed E-state index contributed by atoms with van der Waals surface area (Å²) in [5, 5.41) is 0. The molecule has 6 heteroatoms. The minimum Gasteiger partial charge on any atom is -0.463 e. The molecule has 1 saturated carbocycles. The van der Waals surface area contributed by atoms with Gasteiger partial charge in [-0.2, -0.15) is 0 Å². The van der Waals surface area contributed by atoms with Gasteiger partial charge in [0, 0.05) is 6.42 Å². The molecule has 2 unspecified atom stereocenters. The number of carbonyl (C=O) groups excluding carboxylic acids is 1. The average molecular weight is 515 g/mol.